The van der Waals surface area contributed by atoms with E-state index < -0.39 is 6.10 Å². The number of amides is 1. The van der Waals surface area contributed by atoms with Crippen molar-refractivity contribution in [2.45, 2.75) is 65.3 Å². The van der Waals surface area contributed by atoms with Crippen molar-refractivity contribution in [2.24, 2.45) is 0 Å². The van der Waals surface area contributed by atoms with Crippen LogP contribution in [0.2, 0.25) is 0 Å². The second-order valence-corrected chi connectivity index (χ2v) is 10.3. The minimum absolute atomic E-state index is 0.0648. The van der Waals surface area contributed by atoms with Crippen LogP contribution in [0, 0.1) is 6.92 Å². The number of hydrogen-bond donors (Lipinski definition) is 1. The summed E-state index contributed by atoms with van der Waals surface area (Å²) in [6.07, 6.45) is 0.302. The molecular weight excluding hydrogens is 436 g/mol. The van der Waals surface area contributed by atoms with Gasteiger partial charge in [-0.15, -0.1) is 11.3 Å². The Morgan fingerprint density at radius 2 is 1.94 bits per heavy atom. The summed E-state index contributed by atoms with van der Waals surface area (Å²) >= 11 is 1.75. The van der Waals surface area contributed by atoms with Gasteiger partial charge in [0.25, 0.3) is 0 Å². The highest BCUT2D eigenvalue weighted by molar-refractivity contribution is 7.10. The summed E-state index contributed by atoms with van der Waals surface area (Å²) in [5.74, 6) is 0.877. The van der Waals surface area contributed by atoms with Crippen molar-refractivity contribution in [3.63, 3.8) is 0 Å². The Hall–Kier alpha value is -1.93. The lowest BCUT2D eigenvalue weighted by molar-refractivity contribution is -0.137. The molecule has 1 amide bonds. The third-order valence-corrected chi connectivity index (χ3v) is 6.98. The molecule has 6 nitrogen and oxygen atoms in total. The van der Waals surface area contributed by atoms with Gasteiger partial charge in [0.2, 0.25) is 5.91 Å². The van der Waals surface area contributed by atoms with E-state index in [9.17, 15) is 9.90 Å². The summed E-state index contributed by atoms with van der Waals surface area (Å²) in [6.45, 7) is 12.1. The Bertz CT molecular complexity index is 881. The maximum Gasteiger partial charge on any atom is 0.237 e. The van der Waals surface area contributed by atoms with Crippen molar-refractivity contribution in [1.29, 1.82) is 0 Å². The molecule has 0 aliphatic carbocycles. The Morgan fingerprint density at radius 1 is 1.21 bits per heavy atom. The first kappa shape index (κ1) is 25.7. The molecule has 0 fully saturated rings. The van der Waals surface area contributed by atoms with Gasteiger partial charge in [-0.05, 0) is 70.2 Å². The number of carbonyl (C=O) groups is 1. The molecule has 1 aliphatic heterocycles. The van der Waals surface area contributed by atoms with Crippen LogP contribution in [0.15, 0.2) is 35.7 Å². The average molecular weight is 475 g/mol. The van der Waals surface area contributed by atoms with E-state index in [-0.39, 0.29) is 37.2 Å². The molecule has 0 saturated carbocycles. The van der Waals surface area contributed by atoms with E-state index in [1.54, 1.807) is 11.3 Å². The van der Waals surface area contributed by atoms with Crippen LogP contribution in [0.5, 0.6) is 5.75 Å². The molecule has 182 valence electrons. The molecule has 0 saturated heterocycles. The van der Waals surface area contributed by atoms with Crippen LogP contribution in [0.25, 0.3) is 0 Å². The zero-order valence-corrected chi connectivity index (χ0v) is 21.3. The number of benzene rings is 1. The van der Waals surface area contributed by atoms with Crippen molar-refractivity contribution in [1.82, 2.24) is 9.80 Å². The Morgan fingerprint density at radius 3 is 2.61 bits per heavy atom. The average Bonchev–Trinajstić information content (AvgIpc) is 3.25. The van der Waals surface area contributed by atoms with Gasteiger partial charge in [-0.2, -0.15) is 0 Å². The van der Waals surface area contributed by atoms with E-state index in [2.05, 4.69) is 32.2 Å². The topological polar surface area (TPSA) is 62.2 Å². The first-order valence-corrected chi connectivity index (χ1v) is 12.7. The highest BCUT2D eigenvalue weighted by Gasteiger charge is 2.33. The van der Waals surface area contributed by atoms with Gasteiger partial charge in [0, 0.05) is 24.0 Å². The quantitative estimate of drug-likeness (QED) is 0.532. The van der Waals surface area contributed by atoms with Crippen LogP contribution in [0.1, 0.15) is 49.7 Å². The number of nitrogens with zero attached hydrogens (tertiary/aromatic N) is 2. The zero-order chi connectivity index (χ0) is 24.0. The third-order valence-electron chi connectivity index (χ3n) is 5.98. The van der Waals surface area contributed by atoms with Gasteiger partial charge in [0.05, 0.1) is 31.4 Å². The number of ether oxygens (including phenoxy) is 2. The number of aryl methyl sites for hydroxylation is 1. The van der Waals surface area contributed by atoms with Gasteiger partial charge in [0.1, 0.15) is 12.4 Å². The second-order valence-electron chi connectivity index (χ2n) is 9.34. The molecule has 33 heavy (non-hydrogen) atoms. The molecule has 2 heterocycles. The largest absolute Gasteiger partial charge is 0.491 e. The van der Waals surface area contributed by atoms with Crippen molar-refractivity contribution < 1.29 is 19.4 Å². The first-order valence-electron chi connectivity index (χ1n) is 11.8. The fraction of sp³-hybridized carbons (Fsp3) is 0.577. The van der Waals surface area contributed by atoms with Crippen molar-refractivity contribution in [3.8, 4) is 5.75 Å². The normalized spacial score (nSPS) is 17.0. The molecule has 0 radical (unpaired) electrons. The van der Waals surface area contributed by atoms with E-state index in [1.165, 1.54) is 16.0 Å². The molecule has 0 bridgehead atoms. The van der Waals surface area contributed by atoms with Crippen molar-refractivity contribution in [3.05, 3.63) is 51.7 Å². The molecule has 2 aromatic rings. The van der Waals surface area contributed by atoms with Crippen molar-refractivity contribution >= 4 is 17.2 Å². The third kappa shape index (κ3) is 7.27. The molecule has 2 atom stereocenters. The number of aliphatic hydroxyl groups is 1. The molecule has 1 aromatic carbocycles. The van der Waals surface area contributed by atoms with E-state index in [0.29, 0.717) is 19.7 Å². The summed E-state index contributed by atoms with van der Waals surface area (Å²) in [5, 5.41) is 12.5. The second kappa shape index (κ2) is 12.0. The smallest absolute Gasteiger partial charge is 0.237 e. The van der Waals surface area contributed by atoms with Gasteiger partial charge in [-0.25, -0.2) is 0 Å². The summed E-state index contributed by atoms with van der Waals surface area (Å²) in [6, 6.07) is 10.1. The van der Waals surface area contributed by atoms with Gasteiger partial charge >= 0.3 is 0 Å². The Balaban J connectivity index is 1.68. The summed E-state index contributed by atoms with van der Waals surface area (Å²) in [7, 11) is 0. The number of rotatable bonds is 11. The minimum atomic E-state index is -0.631. The minimum Gasteiger partial charge on any atom is -0.491 e. The van der Waals surface area contributed by atoms with E-state index in [4.69, 9.17) is 9.47 Å². The van der Waals surface area contributed by atoms with Crippen LogP contribution < -0.4 is 4.74 Å². The van der Waals surface area contributed by atoms with Gasteiger partial charge in [-0.3, -0.25) is 9.69 Å². The summed E-state index contributed by atoms with van der Waals surface area (Å²) in [4.78, 5) is 18.8. The lowest BCUT2D eigenvalue weighted by Gasteiger charge is -2.38. The van der Waals surface area contributed by atoms with Crippen LogP contribution in [0.3, 0.4) is 0 Å². The molecule has 1 N–H and O–H groups in total. The standard InChI is InChI=1S/C26H38N2O4S/c1-18(2)27(14-21(29)16-31-19(3)4)15-26(30)28-12-10-25-23(11-13-33-25)24(28)17-32-22-8-6-20(5)7-9-22/h6-9,11,13,18-19,21,24,29H,10,12,14-17H2,1-5H3/t21-,24-/m1/s1. The Labute approximate surface area is 202 Å². The van der Waals surface area contributed by atoms with Crippen LogP contribution in [-0.4, -0.2) is 71.9 Å². The van der Waals surface area contributed by atoms with E-state index in [0.717, 1.165) is 12.2 Å². The Kier molecular flexibility index (Phi) is 9.32. The van der Waals surface area contributed by atoms with E-state index >= 15 is 0 Å². The van der Waals surface area contributed by atoms with Gasteiger partial charge in [0.15, 0.2) is 0 Å². The predicted octanol–water partition coefficient (Wildman–Crippen LogP) is 4.06. The number of aliphatic hydroxyl groups excluding tert-OH is 1. The fourth-order valence-corrected chi connectivity index (χ4v) is 4.96. The van der Waals surface area contributed by atoms with Gasteiger partial charge in [-0.1, -0.05) is 17.7 Å². The lowest BCUT2D eigenvalue weighted by Crippen LogP contribution is -2.49. The molecule has 7 heteroatoms. The molecule has 3 rings (SSSR count). The maximum absolute atomic E-state index is 13.5. The van der Waals surface area contributed by atoms with Crippen LogP contribution >= 0.6 is 11.3 Å². The molecular formula is C26H38N2O4S. The van der Waals surface area contributed by atoms with Crippen LogP contribution in [0.4, 0.5) is 0 Å². The fourth-order valence-electron chi connectivity index (χ4n) is 4.03. The highest BCUT2D eigenvalue weighted by Crippen LogP contribution is 2.34. The number of hydrogen-bond acceptors (Lipinski definition) is 6. The number of thiophene rings is 1. The summed E-state index contributed by atoms with van der Waals surface area (Å²) in [5.41, 5.74) is 2.37. The first-order chi connectivity index (χ1) is 15.7. The van der Waals surface area contributed by atoms with Crippen molar-refractivity contribution in [2.75, 3.05) is 32.8 Å². The van der Waals surface area contributed by atoms with Gasteiger partial charge < -0.3 is 19.5 Å². The molecule has 0 unspecified atom stereocenters. The van der Waals surface area contributed by atoms with Crippen LogP contribution in [-0.2, 0) is 16.0 Å². The lowest BCUT2D eigenvalue weighted by atomic mass is 10.00. The molecule has 0 spiro atoms. The maximum atomic E-state index is 13.5. The zero-order valence-electron chi connectivity index (χ0n) is 20.5. The number of carbonyl (C=O) groups excluding carboxylic acids is 1. The molecule has 1 aromatic heterocycles. The summed E-state index contributed by atoms with van der Waals surface area (Å²) < 4.78 is 11.7. The number of fused-ring (bicyclic) bond motifs is 1. The van der Waals surface area contributed by atoms with E-state index in [1.807, 2.05) is 47.9 Å². The SMILES string of the molecule is Cc1ccc(OC[C@@H]2c3ccsc3CCN2C(=O)CN(C[C@@H](O)COC(C)C)C(C)C)cc1. The molecule has 1 aliphatic rings. The monoisotopic (exact) mass is 474 g/mol. The highest BCUT2D eigenvalue weighted by atomic mass is 32.1. The predicted molar refractivity (Wildman–Crippen MR) is 133 cm³/mol.